The number of nitrogens with zero attached hydrogens (tertiary/aromatic N) is 1. The van der Waals surface area contributed by atoms with Gasteiger partial charge in [-0.25, -0.2) is 4.79 Å². The van der Waals surface area contributed by atoms with Crippen LogP contribution in [-0.2, 0) is 4.79 Å². The molecule has 0 saturated heterocycles. The Bertz CT molecular complexity index is 312. The molecule has 0 radical (unpaired) electrons. The quantitative estimate of drug-likeness (QED) is 0.622. The molecule has 0 aliphatic carbocycles. The number of carboxylic acids is 1. The van der Waals surface area contributed by atoms with Crippen LogP contribution < -0.4 is 11.1 Å². The zero-order valence-corrected chi connectivity index (χ0v) is 8.06. The van der Waals surface area contributed by atoms with E-state index >= 15 is 0 Å². The van der Waals surface area contributed by atoms with E-state index in [0.29, 0.717) is 4.88 Å². The highest BCUT2D eigenvalue weighted by Crippen LogP contribution is 2.16. The van der Waals surface area contributed by atoms with Gasteiger partial charge in [-0.1, -0.05) is 0 Å². The molecule has 0 bridgehead atoms. The topological polar surface area (TPSA) is 88.2 Å². The minimum Gasteiger partial charge on any atom is -0.479 e. The van der Waals surface area contributed by atoms with Gasteiger partial charge in [-0.15, -0.1) is 11.3 Å². The first-order valence-electron chi connectivity index (χ1n) is 3.28. The first kappa shape index (κ1) is 9.87. The minimum absolute atomic E-state index is 0.0409. The van der Waals surface area contributed by atoms with Crippen LogP contribution in [0.25, 0.3) is 0 Å². The fraction of sp³-hybridized carbons (Fsp3) is 0.167. The van der Waals surface area contributed by atoms with Crippen LogP contribution in [0.5, 0.6) is 0 Å². The van der Waals surface area contributed by atoms with E-state index in [1.54, 1.807) is 5.51 Å². The van der Waals surface area contributed by atoms with Crippen LogP contribution in [0.2, 0.25) is 0 Å². The maximum atomic E-state index is 10.7. The molecule has 1 unspecified atom stereocenters. The Morgan fingerprint density at radius 3 is 2.92 bits per heavy atom. The van der Waals surface area contributed by atoms with Crippen LogP contribution in [0.3, 0.4) is 0 Å². The van der Waals surface area contributed by atoms with Crippen molar-refractivity contribution < 1.29 is 9.90 Å². The normalized spacial score (nSPS) is 12.0. The third kappa shape index (κ3) is 2.63. The van der Waals surface area contributed by atoms with Crippen molar-refractivity contribution in [3.63, 3.8) is 0 Å². The van der Waals surface area contributed by atoms with Gasteiger partial charge in [0.2, 0.25) is 0 Å². The fourth-order valence-electron chi connectivity index (χ4n) is 0.765. The standard InChI is InChI=1S/C6H7N3O2S2/c7-6(12)9-4(5(10)11)3-1-8-2-13-3/h1-2,4H,(H,10,11)(H3,7,9,12). The summed E-state index contributed by atoms with van der Waals surface area (Å²) in [7, 11) is 0. The van der Waals surface area contributed by atoms with Crippen LogP contribution in [0.15, 0.2) is 11.7 Å². The summed E-state index contributed by atoms with van der Waals surface area (Å²) in [4.78, 5) is 15.1. The van der Waals surface area contributed by atoms with E-state index in [1.165, 1.54) is 17.5 Å². The molecule has 1 atom stereocenters. The molecular formula is C6H7N3O2S2. The number of aliphatic carboxylic acids is 1. The predicted octanol–water partition coefficient (Wildman–Crippen LogP) is 0.102. The lowest BCUT2D eigenvalue weighted by Crippen LogP contribution is -2.36. The van der Waals surface area contributed by atoms with E-state index in [4.69, 9.17) is 10.8 Å². The lowest BCUT2D eigenvalue weighted by molar-refractivity contribution is -0.139. The molecule has 13 heavy (non-hydrogen) atoms. The van der Waals surface area contributed by atoms with Crippen LogP contribution >= 0.6 is 23.6 Å². The molecule has 1 rings (SSSR count). The summed E-state index contributed by atoms with van der Waals surface area (Å²) in [6.45, 7) is 0. The van der Waals surface area contributed by atoms with Crippen molar-refractivity contribution in [3.05, 3.63) is 16.6 Å². The molecule has 0 fully saturated rings. The first-order chi connectivity index (χ1) is 6.11. The Labute approximate surface area is 83.6 Å². The molecule has 70 valence electrons. The average molecular weight is 217 g/mol. The fourth-order valence-corrected chi connectivity index (χ4v) is 1.54. The van der Waals surface area contributed by atoms with Crippen LogP contribution in [0.4, 0.5) is 0 Å². The van der Waals surface area contributed by atoms with E-state index in [0.717, 1.165) is 0 Å². The van der Waals surface area contributed by atoms with Gasteiger partial charge in [0.25, 0.3) is 0 Å². The zero-order chi connectivity index (χ0) is 9.84. The number of nitrogens with one attached hydrogen (secondary N) is 1. The average Bonchev–Trinajstić information content (AvgIpc) is 2.50. The molecule has 0 aliphatic rings. The van der Waals surface area contributed by atoms with Crippen LogP contribution in [0, 0.1) is 0 Å². The maximum absolute atomic E-state index is 10.7. The third-order valence-electron chi connectivity index (χ3n) is 1.27. The number of nitrogens with two attached hydrogens (primary N) is 1. The van der Waals surface area contributed by atoms with Crippen molar-refractivity contribution in [1.82, 2.24) is 10.3 Å². The van der Waals surface area contributed by atoms with Crippen LogP contribution in [-0.4, -0.2) is 21.2 Å². The SMILES string of the molecule is NC(=S)NC(C(=O)O)c1cncs1. The van der Waals surface area contributed by atoms with Crippen molar-refractivity contribution in [2.24, 2.45) is 5.73 Å². The van der Waals surface area contributed by atoms with E-state index in [1.807, 2.05) is 0 Å². The Balaban J connectivity index is 2.81. The maximum Gasteiger partial charge on any atom is 0.331 e. The summed E-state index contributed by atoms with van der Waals surface area (Å²) in [5.74, 6) is -1.03. The summed E-state index contributed by atoms with van der Waals surface area (Å²) < 4.78 is 0. The molecule has 0 spiro atoms. The number of hydrogen-bond acceptors (Lipinski definition) is 4. The Kier molecular flexibility index (Phi) is 3.15. The second-order valence-electron chi connectivity index (χ2n) is 2.18. The third-order valence-corrected chi connectivity index (χ3v) is 2.23. The van der Waals surface area contributed by atoms with E-state index in [2.05, 4.69) is 22.5 Å². The smallest absolute Gasteiger partial charge is 0.331 e. The number of carbonyl (C=O) groups is 1. The van der Waals surface area contributed by atoms with Crippen LogP contribution in [0.1, 0.15) is 10.9 Å². The van der Waals surface area contributed by atoms with Gasteiger partial charge >= 0.3 is 5.97 Å². The van der Waals surface area contributed by atoms with Gasteiger partial charge < -0.3 is 16.2 Å². The van der Waals surface area contributed by atoms with Gasteiger partial charge in [-0.2, -0.15) is 0 Å². The Morgan fingerprint density at radius 1 is 1.85 bits per heavy atom. The van der Waals surface area contributed by atoms with Crippen molar-refractivity contribution >= 4 is 34.6 Å². The molecule has 0 aromatic carbocycles. The number of hydrogen-bond donors (Lipinski definition) is 3. The molecule has 1 aromatic rings. The molecular weight excluding hydrogens is 210 g/mol. The second-order valence-corrected chi connectivity index (χ2v) is 3.54. The number of thiazole rings is 1. The monoisotopic (exact) mass is 217 g/mol. The van der Waals surface area contributed by atoms with E-state index in [9.17, 15) is 4.79 Å². The summed E-state index contributed by atoms with van der Waals surface area (Å²) in [6, 6.07) is -0.898. The molecule has 1 heterocycles. The van der Waals surface area contributed by atoms with Crippen molar-refractivity contribution in [2.75, 3.05) is 0 Å². The van der Waals surface area contributed by atoms with Gasteiger partial charge in [0, 0.05) is 6.20 Å². The van der Waals surface area contributed by atoms with Gasteiger partial charge in [-0.3, -0.25) is 4.98 Å². The van der Waals surface area contributed by atoms with Gasteiger partial charge in [0.15, 0.2) is 11.2 Å². The van der Waals surface area contributed by atoms with Crippen molar-refractivity contribution in [3.8, 4) is 0 Å². The molecule has 0 aliphatic heterocycles. The van der Waals surface area contributed by atoms with Crippen molar-refractivity contribution in [2.45, 2.75) is 6.04 Å². The van der Waals surface area contributed by atoms with Gasteiger partial charge in [-0.05, 0) is 12.2 Å². The summed E-state index contributed by atoms with van der Waals surface area (Å²) in [5, 5.41) is 11.2. The zero-order valence-electron chi connectivity index (χ0n) is 6.43. The molecule has 0 amide bonds. The lowest BCUT2D eigenvalue weighted by atomic mass is 10.3. The summed E-state index contributed by atoms with van der Waals surface area (Å²) in [5.41, 5.74) is 6.73. The highest BCUT2D eigenvalue weighted by atomic mass is 32.1. The Morgan fingerprint density at radius 2 is 2.54 bits per heavy atom. The van der Waals surface area contributed by atoms with Gasteiger partial charge in [0.05, 0.1) is 10.4 Å². The number of carboxylic acid groups (broad SMARTS) is 1. The number of rotatable bonds is 3. The first-order valence-corrected chi connectivity index (χ1v) is 4.57. The molecule has 7 heteroatoms. The highest BCUT2D eigenvalue weighted by Gasteiger charge is 2.20. The Hall–Kier alpha value is -1.21. The summed E-state index contributed by atoms with van der Waals surface area (Å²) in [6.07, 6.45) is 1.47. The summed E-state index contributed by atoms with van der Waals surface area (Å²) >= 11 is 5.78. The molecule has 4 N–H and O–H groups in total. The van der Waals surface area contributed by atoms with Crippen molar-refractivity contribution in [1.29, 1.82) is 0 Å². The predicted molar refractivity (Wildman–Crippen MR) is 52.4 cm³/mol. The van der Waals surface area contributed by atoms with E-state index < -0.39 is 12.0 Å². The molecule has 5 nitrogen and oxygen atoms in total. The molecule has 0 saturated carbocycles. The van der Waals surface area contributed by atoms with E-state index in [-0.39, 0.29) is 5.11 Å². The minimum atomic E-state index is -1.03. The largest absolute Gasteiger partial charge is 0.479 e. The number of thiocarbonyl (C=S) groups is 1. The highest BCUT2D eigenvalue weighted by molar-refractivity contribution is 7.80. The second kappa shape index (κ2) is 4.15. The van der Waals surface area contributed by atoms with Gasteiger partial charge in [0.1, 0.15) is 0 Å². The lowest BCUT2D eigenvalue weighted by Gasteiger charge is -2.11. The molecule has 1 aromatic heterocycles. The number of aromatic nitrogens is 1.